The molecular weight excluding hydrogens is 336 g/mol. The number of benzene rings is 1. The van der Waals surface area contributed by atoms with Crippen molar-refractivity contribution in [3.05, 3.63) is 58.3 Å². The fraction of sp³-hybridized carbons (Fsp3) is 0.316. The Kier molecular flexibility index (Phi) is 5.60. The zero-order chi connectivity index (χ0) is 17.6. The van der Waals surface area contributed by atoms with Crippen molar-refractivity contribution in [3.63, 3.8) is 0 Å². The number of ketones is 1. The molecule has 0 spiro atoms. The number of hydrogen-bond acceptors (Lipinski definition) is 4. The number of amides is 2. The second-order valence-corrected chi connectivity index (χ2v) is 6.89. The summed E-state index contributed by atoms with van der Waals surface area (Å²) < 4.78 is 0. The number of carbonyl (C=O) groups is 3. The Morgan fingerprint density at radius 2 is 1.52 bits per heavy atom. The molecule has 1 aromatic carbocycles. The molecule has 0 N–H and O–H groups in total. The summed E-state index contributed by atoms with van der Waals surface area (Å²) in [5.41, 5.74) is 0.670. The Balaban J connectivity index is 1.46. The summed E-state index contributed by atoms with van der Waals surface area (Å²) in [4.78, 5) is 40.9. The van der Waals surface area contributed by atoms with Gasteiger partial charge in [-0.2, -0.15) is 0 Å². The third-order valence-electron chi connectivity index (χ3n) is 4.30. The van der Waals surface area contributed by atoms with Crippen molar-refractivity contribution < 1.29 is 14.4 Å². The van der Waals surface area contributed by atoms with Crippen LogP contribution in [0.2, 0.25) is 0 Å². The zero-order valence-electron chi connectivity index (χ0n) is 13.9. The summed E-state index contributed by atoms with van der Waals surface area (Å²) in [7, 11) is 0. The van der Waals surface area contributed by atoms with Gasteiger partial charge in [-0.3, -0.25) is 14.4 Å². The third-order valence-corrected chi connectivity index (χ3v) is 5.21. The number of rotatable bonds is 5. The van der Waals surface area contributed by atoms with Crippen LogP contribution in [0.15, 0.2) is 47.8 Å². The van der Waals surface area contributed by atoms with E-state index in [-0.39, 0.29) is 30.4 Å². The minimum Gasteiger partial charge on any atom is -0.339 e. The molecular formula is C19H20N2O3S. The van der Waals surface area contributed by atoms with E-state index < -0.39 is 0 Å². The molecule has 130 valence electrons. The first-order chi connectivity index (χ1) is 12.1. The van der Waals surface area contributed by atoms with E-state index in [2.05, 4.69) is 0 Å². The highest BCUT2D eigenvalue weighted by Crippen LogP contribution is 2.14. The highest BCUT2D eigenvalue weighted by molar-refractivity contribution is 7.12. The standard InChI is InChI=1S/C19H20N2O3S/c22-16(17-7-4-14-25-17)8-9-18(23)20-10-12-21(13-11-20)19(24)15-5-2-1-3-6-15/h1-7,14H,8-13H2. The number of hydrogen-bond donors (Lipinski definition) is 0. The number of Topliss-reactive ketones (excluding diaryl/α,β-unsaturated/α-hetero) is 1. The lowest BCUT2D eigenvalue weighted by Gasteiger charge is -2.34. The molecule has 6 heteroatoms. The number of carbonyl (C=O) groups excluding carboxylic acids is 3. The van der Waals surface area contributed by atoms with Gasteiger partial charge in [0.1, 0.15) is 0 Å². The van der Waals surface area contributed by atoms with Gasteiger partial charge in [0.25, 0.3) is 5.91 Å². The monoisotopic (exact) mass is 356 g/mol. The van der Waals surface area contributed by atoms with E-state index >= 15 is 0 Å². The second kappa shape index (κ2) is 8.07. The van der Waals surface area contributed by atoms with E-state index in [1.54, 1.807) is 28.0 Å². The van der Waals surface area contributed by atoms with Gasteiger partial charge in [-0.05, 0) is 23.6 Å². The fourth-order valence-corrected chi connectivity index (χ4v) is 3.56. The maximum absolute atomic E-state index is 12.4. The van der Waals surface area contributed by atoms with Gasteiger partial charge in [0, 0.05) is 44.6 Å². The maximum atomic E-state index is 12.4. The van der Waals surface area contributed by atoms with Crippen LogP contribution in [0.25, 0.3) is 0 Å². The molecule has 25 heavy (non-hydrogen) atoms. The van der Waals surface area contributed by atoms with Crippen molar-refractivity contribution in [2.75, 3.05) is 26.2 Å². The summed E-state index contributed by atoms with van der Waals surface area (Å²) >= 11 is 1.40. The van der Waals surface area contributed by atoms with Gasteiger partial charge >= 0.3 is 0 Å². The van der Waals surface area contributed by atoms with Gasteiger partial charge in [-0.1, -0.05) is 24.3 Å². The van der Waals surface area contributed by atoms with Crippen molar-refractivity contribution >= 4 is 28.9 Å². The molecule has 3 rings (SSSR count). The Morgan fingerprint density at radius 3 is 2.16 bits per heavy atom. The maximum Gasteiger partial charge on any atom is 0.253 e. The average molecular weight is 356 g/mol. The number of piperazine rings is 1. The molecule has 2 amide bonds. The smallest absolute Gasteiger partial charge is 0.253 e. The van der Waals surface area contributed by atoms with Gasteiger partial charge in [0.15, 0.2) is 5.78 Å². The Bertz CT molecular complexity index is 735. The molecule has 1 fully saturated rings. The van der Waals surface area contributed by atoms with Crippen LogP contribution in [-0.2, 0) is 4.79 Å². The lowest BCUT2D eigenvalue weighted by atomic mass is 10.1. The molecule has 2 aromatic rings. The zero-order valence-corrected chi connectivity index (χ0v) is 14.7. The summed E-state index contributed by atoms with van der Waals surface area (Å²) in [5, 5.41) is 1.86. The first-order valence-corrected chi connectivity index (χ1v) is 9.22. The molecule has 1 aliphatic heterocycles. The molecule has 1 aromatic heterocycles. The molecule has 0 radical (unpaired) electrons. The van der Waals surface area contributed by atoms with E-state index in [0.29, 0.717) is 36.6 Å². The van der Waals surface area contributed by atoms with Gasteiger partial charge in [0.2, 0.25) is 5.91 Å². The van der Waals surface area contributed by atoms with E-state index in [0.717, 1.165) is 0 Å². The predicted octanol–water partition coefficient (Wildman–Crippen LogP) is 2.70. The second-order valence-electron chi connectivity index (χ2n) is 5.94. The molecule has 5 nitrogen and oxygen atoms in total. The molecule has 0 aliphatic carbocycles. The van der Waals surface area contributed by atoms with Gasteiger partial charge < -0.3 is 9.80 Å². The molecule has 1 saturated heterocycles. The Morgan fingerprint density at radius 1 is 0.840 bits per heavy atom. The highest BCUT2D eigenvalue weighted by atomic mass is 32.1. The topological polar surface area (TPSA) is 57.7 Å². The van der Waals surface area contributed by atoms with Crippen molar-refractivity contribution in [2.45, 2.75) is 12.8 Å². The quantitative estimate of drug-likeness (QED) is 0.774. The molecule has 0 atom stereocenters. The van der Waals surface area contributed by atoms with Crippen LogP contribution in [-0.4, -0.2) is 53.6 Å². The van der Waals surface area contributed by atoms with E-state index in [1.165, 1.54) is 11.3 Å². The van der Waals surface area contributed by atoms with Crippen LogP contribution >= 0.6 is 11.3 Å². The third kappa shape index (κ3) is 4.33. The highest BCUT2D eigenvalue weighted by Gasteiger charge is 2.25. The van der Waals surface area contributed by atoms with E-state index in [4.69, 9.17) is 0 Å². The van der Waals surface area contributed by atoms with Gasteiger partial charge in [-0.25, -0.2) is 0 Å². The Hall–Kier alpha value is -2.47. The minimum atomic E-state index is -0.0169. The first-order valence-electron chi connectivity index (χ1n) is 8.34. The molecule has 0 unspecified atom stereocenters. The van der Waals surface area contributed by atoms with Crippen molar-refractivity contribution in [1.29, 1.82) is 0 Å². The van der Waals surface area contributed by atoms with Crippen LogP contribution in [0.5, 0.6) is 0 Å². The SMILES string of the molecule is O=C(CCC(=O)N1CCN(C(=O)c2ccccc2)CC1)c1cccs1. The summed E-state index contributed by atoms with van der Waals surface area (Å²) in [6.45, 7) is 2.09. The lowest BCUT2D eigenvalue weighted by Crippen LogP contribution is -2.50. The van der Waals surface area contributed by atoms with Crippen molar-refractivity contribution in [2.24, 2.45) is 0 Å². The minimum absolute atomic E-state index is 0.000530. The first kappa shape index (κ1) is 17.4. The molecule has 1 aliphatic rings. The van der Waals surface area contributed by atoms with Crippen LogP contribution in [0, 0.1) is 0 Å². The fourth-order valence-electron chi connectivity index (χ4n) is 2.86. The van der Waals surface area contributed by atoms with Crippen molar-refractivity contribution in [1.82, 2.24) is 9.80 Å². The molecule has 0 bridgehead atoms. The normalized spacial score (nSPS) is 14.4. The summed E-state index contributed by atoms with van der Waals surface area (Å²) in [6, 6.07) is 12.8. The summed E-state index contributed by atoms with van der Waals surface area (Å²) in [5.74, 6) is -0.00136. The largest absolute Gasteiger partial charge is 0.339 e. The van der Waals surface area contributed by atoms with Gasteiger partial charge in [-0.15, -0.1) is 11.3 Å². The van der Waals surface area contributed by atoms with Crippen LogP contribution < -0.4 is 0 Å². The van der Waals surface area contributed by atoms with E-state index in [1.807, 2.05) is 29.6 Å². The van der Waals surface area contributed by atoms with Crippen LogP contribution in [0.3, 0.4) is 0 Å². The predicted molar refractivity (Wildman–Crippen MR) is 96.8 cm³/mol. The molecule has 2 heterocycles. The average Bonchev–Trinajstić information content (AvgIpc) is 3.21. The van der Waals surface area contributed by atoms with Crippen molar-refractivity contribution in [3.8, 4) is 0 Å². The lowest BCUT2D eigenvalue weighted by molar-refractivity contribution is -0.132. The number of thiophene rings is 1. The number of nitrogens with zero attached hydrogens (tertiary/aromatic N) is 2. The van der Waals surface area contributed by atoms with Crippen LogP contribution in [0.1, 0.15) is 32.9 Å². The summed E-state index contributed by atoms with van der Waals surface area (Å²) in [6.07, 6.45) is 0.464. The van der Waals surface area contributed by atoms with Crippen LogP contribution in [0.4, 0.5) is 0 Å². The van der Waals surface area contributed by atoms with Gasteiger partial charge in [0.05, 0.1) is 4.88 Å². The molecule has 0 saturated carbocycles. The van der Waals surface area contributed by atoms with E-state index in [9.17, 15) is 14.4 Å². The Labute approximate surface area is 150 Å².